The van der Waals surface area contributed by atoms with Gasteiger partial charge in [0.2, 0.25) is 11.8 Å². The molecular formula is C13H9N5O2. The number of fused-ring (bicyclic) bond motifs is 1. The summed E-state index contributed by atoms with van der Waals surface area (Å²) in [6.45, 7) is 0. The second-order valence-corrected chi connectivity index (χ2v) is 4.29. The Morgan fingerprint density at radius 1 is 1.50 bits per heavy atom. The highest BCUT2D eigenvalue weighted by Crippen LogP contribution is 2.38. The van der Waals surface area contributed by atoms with Gasteiger partial charge in [-0.3, -0.25) is 15.2 Å². The minimum Gasteiger partial charge on any atom is -0.423 e. The monoisotopic (exact) mass is 267 g/mol. The zero-order chi connectivity index (χ0) is 14.1. The third kappa shape index (κ3) is 1.75. The van der Waals surface area contributed by atoms with Crippen LogP contribution in [0.4, 0.5) is 0 Å². The molecule has 0 fully saturated rings. The highest BCUT2D eigenvalue weighted by Gasteiger charge is 2.39. The standard InChI is InChI=1S/C13H9N5O2/c14-4-8-9(7-2-1-3-16-5-7)10-12(19)17-6-18-13(10)20-11(8)15/h1-3,5-6,8-9,15H,(H,17,18,19). The Labute approximate surface area is 113 Å². The van der Waals surface area contributed by atoms with E-state index in [1.807, 2.05) is 6.07 Å². The van der Waals surface area contributed by atoms with Crippen LogP contribution in [-0.2, 0) is 0 Å². The topological polar surface area (TPSA) is 116 Å². The maximum atomic E-state index is 12.0. The van der Waals surface area contributed by atoms with Crippen LogP contribution in [0.5, 0.6) is 5.88 Å². The number of hydrogen-bond donors (Lipinski definition) is 2. The van der Waals surface area contributed by atoms with E-state index in [1.54, 1.807) is 24.5 Å². The Morgan fingerprint density at radius 2 is 2.35 bits per heavy atom. The van der Waals surface area contributed by atoms with Crippen LogP contribution in [0, 0.1) is 22.7 Å². The number of ether oxygens (including phenoxy) is 1. The highest BCUT2D eigenvalue weighted by molar-refractivity contribution is 5.84. The van der Waals surface area contributed by atoms with Crippen molar-refractivity contribution in [2.24, 2.45) is 5.92 Å². The summed E-state index contributed by atoms with van der Waals surface area (Å²) < 4.78 is 5.18. The second kappa shape index (κ2) is 4.59. The lowest BCUT2D eigenvalue weighted by Gasteiger charge is -2.27. The van der Waals surface area contributed by atoms with Gasteiger partial charge in [0.05, 0.1) is 18.0 Å². The molecule has 7 nitrogen and oxygen atoms in total. The quantitative estimate of drug-likeness (QED) is 0.793. The van der Waals surface area contributed by atoms with Crippen LogP contribution < -0.4 is 10.3 Å². The Bertz CT molecular complexity index is 762. The third-order valence-corrected chi connectivity index (χ3v) is 3.17. The van der Waals surface area contributed by atoms with E-state index in [9.17, 15) is 10.1 Å². The van der Waals surface area contributed by atoms with Crippen LogP contribution >= 0.6 is 0 Å². The molecule has 20 heavy (non-hydrogen) atoms. The fraction of sp³-hybridized carbons (Fsp3) is 0.154. The van der Waals surface area contributed by atoms with Crippen LogP contribution in [0.1, 0.15) is 17.0 Å². The maximum absolute atomic E-state index is 12.0. The number of aromatic amines is 1. The van der Waals surface area contributed by atoms with Gasteiger partial charge < -0.3 is 9.72 Å². The van der Waals surface area contributed by atoms with E-state index in [2.05, 4.69) is 15.0 Å². The molecule has 2 N–H and O–H groups in total. The normalized spacial score (nSPS) is 20.6. The number of H-pyrrole nitrogens is 1. The summed E-state index contributed by atoms with van der Waals surface area (Å²) in [6.07, 6.45) is 4.38. The zero-order valence-corrected chi connectivity index (χ0v) is 10.2. The van der Waals surface area contributed by atoms with E-state index in [4.69, 9.17) is 10.1 Å². The van der Waals surface area contributed by atoms with Gasteiger partial charge in [-0.1, -0.05) is 6.07 Å². The first-order valence-corrected chi connectivity index (χ1v) is 5.85. The smallest absolute Gasteiger partial charge is 0.258 e. The average Bonchev–Trinajstić information content (AvgIpc) is 2.47. The van der Waals surface area contributed by atoms with Gasteiger partial charge in [-0.2, -0.15) is 5.26 Å². The number of nitrogens with one attached hydrogen (secondary N) is 2. The van der Waals surface area contributed by atoms with E-state index in [-0.39, 0.29) is 22.9 Å². The second-order valence-electron chi connectivity index (χ2n) is 4.29. The number of nitriles is 1. The lowest BCUT2D eigenvalue weighted by molar-refractivity contribution is 0.428. The highest BCUT2D eigenvalue weighted by atomic mass is 16.5. The summed E-state index contributed by atoms with van der Waals surface area (Å²) >= 11 is 0. The molecule has 0 aromatic carbocycles. The molecule has 0 bridgehead atoms. The van der Waals surface area contributed by atoms with Gasteiger partial charge in [0.25, 0.3) is 5.56 Å². The Hall–Kier alpha value is -3.01. The third-order valence-electron chi connectivity index (χ3n) is 3.17. The summed E-state index contributed by atoms with van der Waals surface area (Å²) in [6, 6.07) is 5.49. The molecule has 1 aliphatic heterocycles. The van der Waals surface area contributed by atoms with E-state index in [0.717, 1.165) is 0 Å². The van der Waals surface area contributed by atoms with Crippen LogP contribution in [0.25, 0.3) is 0 Å². The van der Waals surface area contributed by atoms with Gasteiger partial charge in [-0.25, -0.2) is 4.98 Å². The first-order chi connectivity index (χ1) is 9.72. The molecule has 3 heterocycles. The Balaban J connectivity index is 2.27. The molecule has 2 aromatic rings. The summed E-state index contributed by atoms with van der Waals surface area (Å²) in [4.78, 5) is 22.4. The van der Waals surface area contributed by atoms with Crippen molar-refractivity contribution in [3.8, 4) is 11.9 Å². The lowest BCUT2D eigenvalue weighted by Crippen LogP contribution is -2.35. The number of aromatic nitrogens is 3. The van der Waals surface area contributed by atoms with E-state index < -0.39 is 11.8 Å². The number of hydrogen-bond acceptors (Lipinski definition) is 6. The first kappa shape index (κ1) is 12.0. The van der Waals surface area contributed by atoms with E-state index in [1.165, 1.54) is 6.33 Å². The van der Waals surface area contributed by atoms with Crippen molar-refractivity contribution in [3.05, 3.63) is 52.3 Å². The molecule has 0 aliphatic carbocycles. The van der Waals surface area contributed by atoms with Gasteiger partial charge in [0.1, 0.15) is 5.92 Å². The minimum atomic E-state index is -0.878. The first-order valence-electron chi connectivity index (χ1n) is 5.85. The van der Waals surface area contributed by atoms with Gasteiger partial charge in [0.15, 0.2) is 0 Å². The van der Waals surface area contributed by atoms with Crippen molar-refractivity contribution >= 4 is 5.90 Å². The fourth-order valence-electron chi connectivity index (χ4n) is 2.29. The largest absolute Gasteiger partial charge is 0.423 e. The number of rotatable bonds is 1. The van der Waals surface area contributed by atoms with Crippen molar-refractivity contribution < 1.29 is 4.74 Å². The molecule has 0 saturated heterocycles. The summed E-state index contributed by atoms with van der Waals surface area (Å²) in [7, 11) is 0. The van der Waals surface area contributed by atoms with Crippen LogP contribution in [0.2, 0.25) is 0 Å². The molecule has 0 spiro atoms. The number of nitrogens with zero attached hydrogens (tertiary/aromatic N) is 3. The van der Waals surface area contributed by atoms with Crippen molar-refractivity contribution in [1.82, 2.24) is 15.0 Å². The summed E-state index contributed by atoms with van der Waals surface area (Å²) in [5.74, 6) is -1.63. The van der Waals surface area contributed by atoms with Gasteiger partial charge in [0, 0.05) is 18.3 Å². The maximum Gasteiger partial charge on any atom is 0.258 e. The lowest BCUT2D eigenvalue weighted by atomic mass is 9.81. The molecule has 2 unspecified atom stereocenters. The fourth-order valence-corrected chi connectivity index (χ4v) is 2.29. The molecule has 2 aromatic heterocycles. The Morgan fingerprint density at radius 3 is 3.05 bits per heavy atom. The van der Waals surface area contributed by atoms with Gasteiger partial charge in [-0.05, 0) is 11.6 Å². The van der Waals surface area contributed by atoms with Gasteiger partial charge >= 0.3 is 0 Å². The molecule has 0 radical (unpaired) electrons. The molecule has 7 heteroatoms. The molecule has 1 aliphatic rings. The minimum absolute atomic E-state index is 0.0686. The molecule has 0 amide bonds. The molecule has 3 rings (SSSR count). The van der Waals surface area contributed by atoms with E-state index >= 15 is 0 Å². The summed E-state index contributed by atoms with van der Waals surface area (Å²) in [5, 5.41) is 17.1. The molecule has 0 saturated carbocycles. The average molecular weight is 267 g/mol. The Kier molecular flexibility index (Phi) is 2.76. The predicted molar refractivity (Wildman–Crippen MR) is 68.4 cm³/mol. The predicted octanol–water partition coefficient (Wildman–Crippen LogP) is 0.806. The summed E-state index contributed by atoms with van der Waals surface area (Å²) in [5.41, 5.74) is 0.548. The van der Waals surface area contributed by atoms with Crippen LogP contribution in [0.3, 0.4) is 0 Å². The molecular weight excluding hydrogens is 258 g/mol. The van der Waals surface area contributed by atoms with Crippen LogP contribution in [0.15, 0.2) is 35.6 Å². The van der Waals surface area contributed by atoms with E-state index in [0.29, 0.717) is 5.56 Å². The van der Waals surface area contributed by atoms with Crippen molar-refractivity contribution in [2.75, 3.05) is 0 Å². The SMILES string of the molecule is N#CC1C(=N)Oc2nc[nH]c(=O)c2C1c1cccnc1. The van der Waals surface area contributed by atoms with Crippen molar-refractivity contribution in [3.63, 3.8) is 0 Å². The van der Waals surface area contributed by atoms with Crippen LogP contribution in [-0.4, -0.2) is 20.8 Å². The van der Waals surface area contributed by atoms with Crippen molar-refractivity contribution in [2.45, 2.75) is 5.92 Å². The zero-order valence-electron chi connectivity index (χ0n) is 10.2. The molecule has 2 atom stereocenters. The van der Waals surface area contributed by atoms with Crippen molar-refractivity contribution in [1.29, 1.82) is 10.7 Å². The number of pyridine rings is 1. The van der Waals surface area contributed by atoms with Gasteiger partial charge in [-0.15, -0.1) is 0 Å². The molecule has 98 valence electrons.